The topological polar surface area (TPSA) is 43.9 Å². The largest absolute Gasteiger partial charge is 0.374 e. The first-order valence-corrected chi connectivity index (χ1v) is 11.2. The van der Waals surface area contributed by atoms with Crippen molar-refractivity contribution in [3.63, 3.8) is 0 Å². The molecule has 0 bridgehead atoms. The van der Waals surface area contributed by atoms with Crippen LogP contribution in [-0.2, 0) is 9.59 Å². The molecule has 1 aromatic carbocycles. The Morgan fingerprint density at radius 2 is 1.43 bits per heavy atom. The lowest BCUT2D eigenvalue weighted by Crippen LogP contribution is -2.48. The number of amides is 2. The fraction of sp³-hybridized carbons (Fsp3) is 0.667. The average Bonchev–Trinajstić information content (AvgIpc) is 2.76. The van der Waals surface area contributed by atoms with Gasteiger partial charge in [0.05, 0.1) is 26.7 Å². The van der Waals surface area contributed by atoms with Crippen LogP contribution in [0.25, 0.3) is 0 Å². The second kappa shape index (κ2) is 14.0. The van der Waals surface area contributed by atoms with Gasteiger partial charge in [-0.05, 0) is 18.1 Å². The molecule has 0 spiro atoms. The molecule has 2 amide bonds. The van der Waals surface area contributed by atoms with Gasteiger partial charge in [0.25, 0.3) is 0 Å². The highest BCUT2D eigenvalue weighted by Gasteiger charge is 2.23. The molecule has 0 radical (unpaired) electrons. The van der Waals surface area contributed by atoms with E-state index in [2.05, 4.69) is 56.3 Å². The molecule has 0 aliphatic carbocycles. The van der Waals surface area contributed by atoms with E-state index in [1.165, 1.54) is 18.5 Å². The van der Waals surface area contributed by atoms with E-state index >= 15 is 0 Å². The van der Waals surface area contributed by atoms with E-state index in [9.17, 15) is 9.59 Å². The molecule has 6 heteroatoms. The molecule has 0 N–H and O–H groups in total. The second-order valence-electron chi connectivity index (χ2n) is 8.95. The van der Waals surface area contributed by atoms with E-state index in [0.717, 1.165) is 69.4 Å². The molecule has 0 saturated carbocycles. The van der Waals surface area contributed by atoms with Crippen molar-refractivity contribution in [3.05, 3.63) is 30.3 Å². The summed E-state index contributed by atoms with van der Waals surface area (Å²) < 4.78 is 0.991. The van der Waals surface area contributed by atoms with Crippen LogP contribution in [0, 0.1) is 5.92 Å². The predicted octanol–water partition coefficient (Wildman–Crippen LogP) is 2.94. The van der Waals surface area contributed by atoms with Crippen molar-refractivity contribution in [2.24, 2.45) is 5.92 Å². The first-order valence-electron chi connectivity index (χ1n) is 11.2. The molecule has 0 saturated heterocycles. The molecule has 30 heavy (non-hydrogen) atoms. The van der Waals surface area contributed by atoms with Crippen LogP contribution >= 0.6 is 0 Å². The summed E-state index contributed by atoms with van der Waals surface area (Å²) in [5.41, 5.74) is 1.27. The predicted molar refractivity (Wildman–Crippen MR) is 126 cm³/mol. The molecule has 0 aliphatic rings. The van der Waals surface area contributed by atoms with Gasteiger partial charge in [-0.1, -0.05) is 31.5 Å². The van der Waals surface area contributed by atoms with E-state index in [-0.39, 0.29) is 0 Å². The maximum atomic E-state index is 10.9. The summed E-state index contributed by atoms with van der Waals surface area (Å²) in [4.78, 5) is 27.6. The number of benzene rings is 1. The number of carbonyl (C=O) groups is 2. The summed E-state index contributed by atoms with van der Waals surface area (Å²) in [5, 5.41) is 0. The van der Waals surface area contributed by atoms with Crippen molar-refractivity contribution in [2.75, 3.05) is 72.4 Å². The Labute approximate surface area is 184 Å². The Kier molecular flexibility index (Phi) is 12.1. The summed E-state index contributed by atoms with van der Waals surface area (Å²) >= 11 is 0. The summed E-state index contributed by atoms with van der Waals surface area (Å²) in [7, 11) is 8.18. The fourth-order valence-corrected chi connectivity index (χ4v) is 3.94. The molecule has 1 rings (SSSR count). The minimum absolute atomic E-state index is 0.642. The zero-order chi connectivity index (χ0) is 22.4. The number of hydrogen-bond donors (Lipinski definition) is 0. The number of rotatable bonds is 17. The Morgan fingerprint density at radius 3 is 1.90 bits per heavy atom. The molecule has 170 valence electrons. The molecule has 6 nitrogen and oxygen atoms in total. The van der Waals surface area contributed by atoms with Crippen molar-refractivity contribution in [3.8, 4) is 0 Å². The molecule has 0 heterocycles. The monoisotopic (exact) mass is 419 g/mol. The van der Waals surface area contributed by atoms with Gasteiger partial charge in [0, 0.05) is 65.7 Å². The van der Waals surface area contributed by atoms with Crippen LogP contribution in [-0.4, -0.2) is 94.6 Å². The van der Waals surface area contributed by atoms with E-state index in [4.69, 9.17) is 0 Å². The Morgan fingerprint density at radius 1 is 0.900 bits per heavy atom. The Hall–Kier alpha value is -2.08. The summed E-state index contributed by atoms with van der Waals surface area (Å²) in [5.74, 6) is 0.642. The normalized spacial score (nSPS) is 12.3. The van der Waals surface area contributed by atoms with Crippen LogP contribution in [0.1, 0.15) is 32.6 Å². The quantitative estimate of drug-likeness (QED) is 0.288. The van der Waals surface area contributed by atoms with Crippen LogP contribution in [0.3, 0.4) is 0 Å². The number of para-hydroxylation sites is 1. The van der Waals surface area contributed by atoms with Crippen LogP contribution in [0.4, 0.5) is 5.69 Å². The third kappa shape index (κ3) is 10.1. The Bertz CT molecular complexity index is 576. The number of nitrogens with zero attached hydrogens (tertiary/aromatic N) is 4. The fourth-order valence-electron chi connectivity index (χ4n) is 3.94. The molecule has 0 aromatic heterocycles. The van der Waals surface area contributed by atoms with Crippen LogP contribution in [0.15, 0.2) is 30.3 Å². The first kappa shape index (κ1) is 26.0. The van der Waals surface area contributed by atoms with Gasteiger partial charge in [-0.3, -0.25) is 9.59 Å². The molecule has 1 unspecified atom stereocenters. The van der Waals surface area contributed by atoms with Gasteiger partial charge in [-0.25, -0.2) is 0 Å². The number of anilines is 1. The lowest BCUT2D eigenvalue weighted by atomic mass is 10.00. The third-order valence-corrected chi connectivity index (χ3v) is 6.16. The minimum Gasteiger partial charge on any atom is -0.374 e. The highest BCUT2D eigenvalue weighted by atomic mass is 16.1. The van der Waals surface area contributed by atoms with E-state index in [1.54, 1.807) is 9.80 Å². The zero-order valence-electron chi connectivity index (χ0n) is 19.8. The lowest BCUT2D eigenvalue weighted by Gasteiger charge is -2.37. The summed E-state index contributed by atoms with van der Waals surface area (Å²) in [6, 6.07) is 10.6. The van der Waals surface area contributed by atoms with Gasteiger partial charge in [0.15, 0.2) is 0 Å². The van der Waals surface area contributed by atoms with Gasteiger partial charge < -0.3 is 19.2 Å². The molecule has 0 aliphatic heterocycles. The van der Waals surface area contributed by atoms with Crippen molar-refractivity contribution in [1.82, 2.24) is 9.80 Å². The molecule has 1 atom stereocenters. The Balaban J connectivity index is 2.64. The highest BCUT2D eigenvalue weighted by molar-refractivity contribution is 5.46. The number of carbonyl (C=O) groups excluding carboxylic acids is 2. The van der Waals surface area contributed by atoms with Crippen LogP contribution in [0.2, 0.25) is 0 Å². The van der Waals surface area contributed by atoms with Crippen LogP contribution in [0.5, 0.6) is 0 Å². The highest BCUT2D eigenvalue weighted by Crippen LogP contribution is 2.19. The zero-order valence-corrected chi connectivity index (χ0v) is 19.8. The van der Waals surface area contributed by atoms with E-state index < -0.39 is 0 Å². The van der Waals surface area contributed by atoms with Crippen molar-refractivity contribution < 1.29 is 14.1 Å². The van der Waals surface area contributed by atoms with Gasteiger partial charge in [-0.2, -0.15) is 0 Å². The lowest BCUT2D eigenvalue weighted by molar-refractivity contribution is -0.910. The van der Waals surface area contributed by atoms with Crippen molar-refractivity contribution >= 4 is 18.5 Å². The first-order chi connectivity index (χ1) is 14.3. The minimum atomic E-state index is 0.642. The van der Waals surface area contributed by atoms with Crippen LogP contribution < -0.4 is 4.90 Å². The SMILES string of the molecule is CCC(CC[N+](C)(CCCN(C)C=O)CCCN(C)C=O)CN(C)c1ccccc1. The van der Waals surface area contributed by atoms with Gasteiger partial charge >= 0.3 is 0 Å². The van der Waals surface area contributed by atoms with Crippen molar-refractivity contribution in [2.45, 2.75) is 32.6 Å². The summed E-state index contributed by atoms with van der Waals surface area (Å²) in [6.07, 6.45) is 6.13. The number of quaternary nitrogens is 1. The van der Waals surface area contributed by atoms with E-state index in [1.807, 2.05) is 14.1 Å². The standard InChI is InChI=1S/C24H43N4O2/c1-6-23(20-27(4)24-12-8-7-9-13-24)14-19-28(5,17-10-15-25(2)21-29)18-11-16-26(3)22-30/h7-9,12-13,21-23H,6,10-11,14-20H2,1-5H3/q+1. The van der Waals surface area contributed by atoms with Gasteiger partial charge in [0.2, 0.25) is 12.8 Å². The molecular formula is C24H43N4O2+. The average molecular weight is 420 g/mol. The number of hydrogen-bond acceptors (Lipinski definition) is 3. The third-order valence-electron chi connectivity index (χ3n) is 6.16. The maximum absolute atomic E-state index is 10.9. The van der Waals surface area contributed by atoms with E-state index in [0.29, 0.717) is 5.92 Å². The van der Waals surface area contributed by atoms with Crippen molar-refractivity contribution in [1.29, 1.82) is 0 Å². The molecule has 1 aromatic rings. The van der Waals surface area contributed by atoms with Gasteiger partial charge in [0.1, 0.15) is 0 Å². The second-order valence-corrected chi connectivity index (χ2v) is 8.95. The summed E-state index contributed by atoms with van der Waals surface area (Å²) in [6.45, 7) is 8.14. The molecule has 0 fully saturated rings. The molecular weight excluding hydrogens is 376 g/mol. The maximum Gasteiger partial charge on any atom is 0.209 e. The van der Waals surface area contributed by atoms with Gasteiger partial charge in [-0.15, -0.1) is 0 Å². The smallest absolute Gasteiger partial charge is 0.209 e.